The van der Waals surface area contributed by atoms with Gasteiger partial charge in [0.25, 0.3) is 0 Å². The lowest BCUT2D eigenvalue weighted by atomic mass is 10.4. The van der Waals surface area contributed by atoms with E-state index in [1.54, 1.807) is 0 Å². The minimum atomic E-state index is -1.10. The van der Waals surface area contributed by atoms with Crippen LogP contribution in [0, 0.1) is 12.3 Å². The predicted molar refractivity (Wildman–Crippen MR) is 43.5 cm³/mol. The van der Waals surface area contributed by atoms with Crippen molar-refractivity contribution in [1.29, 1.82) is 0 Å². The fourth-order valence-electron chi connectivity index (χ4n) is 0.595. The van der Waals surface area contributed by atoms with Gasteiger partial charge in [0.1, 0.15) is 6.23 Å². The third kappa shape index (κ3) is 6.86. The van der Waals surface area contributed by atoms with Crippen LogP contribution in [0.25, 0.3) is 0 Å². The lowest BCUT2D eigenvalue weighted by Gasteiger charge is -2.09. The van der Waals surface area contributed by atoms with Gasteiger partial charge in [0.2, 0.25) is 0 Å². The number of hydrogen-bond donors (Lipinski definition) is 4. The number of carboxylic acid groups (broad SMARTS) is 1. The van der Waals surface area contributed by atoms with Gasteiger partial charge in [0, 0.05) is 13.0 Å². The summed E-state index contributed by atoms with van der Waals surface area (Å²) in [4.78, 5) is 9.95. The molecule has 0 aromatic heterocycles. The molecule has 4 N–H and O–H groups in total. The molecule has 0 spiro atoms. The molecular weight excluding hydrogens is 160 g/mol. The molecule has 12 heavy (non-hydrogen) atoms. The summed E-state index contributed by atoms with van der Waals surface area (Å²) >= 11 is 0. The molecule has 68 valence electrons. The minimum absolute atomic E-state index is 0.202. The number of aliphatic hydroxyl groups is 1. The van der Waals surface area contributed by atoms with Gasteiger partial charge in [-0.05, 0) is 0 Å². The van der Waals surface area contributed by atoms with Crippen molar-refractivity contribution >= 4 is 6.09 Å². The Balaban J connectivity index is 3.26. The molecule has 1 atom stereocenters. The Kier molecular flexibility index (Phi) is 5.79. The average Bonchev–Trinajstić information content (AvgIpc) is 2.00. The molecule has 1 amide bonds. The highest BCUT2D eigenvalue weighted by Crippen LogP contribution is 1.83. The number of rotatable bonds is 5. The lowest BCUT2D eigenvalue weighted by molar-refractivity contribution is 0.131. The van der Waals surface area contributed by atoms with E-state index in [-0.39, 0.29) is 13.1 Å². The second-order valence-electron chi connectivity index (χ2n) is 2.12. The first-order chi connectivity index (χ1) is 5.66. The highest BCUT2D eigenvalue weighted by atomic mass is 16.4. The summed E-state index contributed by atoms with van der Waals surface area (Å²) in [6, 6.07) is 0. The Morgan fingerprint density at radius 1 is 1.67 bits per heavy atom. The van der Waals surface area contributed by atoms with Crippen LogP contribution in [-0.4, -0.2) is 35.6 Å². The number of amides is 1. The van der Waals surface area contributed by atoms with Crippen LogP contribution >= 0.6 is 0 Å². The lowest BCUT2D eigenvalue weighted by Crippen LogP contribution is -2.33. The highest BCUT2D eigenvalue weighted by molar-refractivity contribution is 5.64. The average molecular weight is 172 g/mol. The number of nitrogens with one attached hydrogen (secondary N) is 2. The molecule has 0 saturated heterocycles. The van der Waals surface area contributed by atoms with Gasteiger partial charge >= 0.3 is 6.09 Å². The fraction of sp³-hybridized carbons (Fsp3) is 0.571. The largest absolute Gasteiger partial charge is 0.465 e. The van der Waals surface area contributed by atoms with Crippen LogP contribution in [0.2, 0.25) is 0 Å². The van der Waals surface area contributed by atoms with Gasteiger partial charge < -0.3 is 15.5 Å². The summed E-state index contributed by atoms with van der Waals surface area (Å²) in [6.45, 7) is 0.475. The second kappa shape index (κ2) is 6.46. The Bertz CT molecular complexity index is 176. The minimum Gasteiger partial charge on any atom is -0.465 e. The number of aliphatic hydroxyl groups excluding tert-OH is 1. The standard InChI is InChI=1S/C7H12N2O3/c1-2-4-8-6(10)3-5-9-7(11)12/h1,6,8-10H,3-5H2,(H,11,12). The third-order valence-corrected chi connectivity index (χ3v) is 1.13. The summed E-state index contributed by atoms with van der Waals surface area (Å²) in [7, 11) is 0. The van der Waals surface area contributed by atoms with E-state index in [1.807, 2.05) is 0 Å². The SMILES string of the molecule is C#CCNC(O)CCNC(=O)O. The second-order valence-corrected chi connectivity index (χ2v) is 2.12. The normalized spacial score (nSPS) is 11.7. The quantitative estimate of drug-likeness (QED) is 0.323. The van der Waals surface area contributed by atoms with E-state index in [2.05, 4.69) is 16.6 Å². The van der Waals surface area contributed by atoms with E-state index in [1.165, 1.54) is 0 Å². The van der Waals surface area contributed by atoms with Crippen LogP contribution < -0.4 is 10.6 Å². The zero-order valence-electron chi connectivity index (χ0n) is 6.58. The molecule has 0 radical (unpaired) electrons. The van der Waals surface area contributed by atoms with Crippen molar-refractivity contribution in [3.05, 3.63) is 0 Å². The van der Waals surface area contributed by atoms with Gasteiger partial charge in [-0.25, -0.2) is 4.79 Å². The van der Waals surface area contributed by atoms with Crippen molar-refractivity contribution in [2.45, 2.75) is 12.6 Å². The van der Waals surface area contributed by atoms with Crippen molar-refractivity contribution in [2.24, 2.45) is 0 Å². The van der Waals surface area contributed by atoms with Crippen LogP contribution in [0.5, 0.6) is 0 Å². The molecule has 0 aliphatic heterocycles. The summed E-state index contributed by atoms with van der Waals surface area (Å²) in [5.74, 6) is 2.29. The predicted octanol–water partition coefficient (Wildman–Crippen LogP) is -0.815. The van der Waals surface area contributed by atoms with E-state index >= 15 is 0 Å². The molecule has 0 rings (SSSR count). The molecule has 0 aliphatic rings. The summed E-state index contributed by atoms with van der Waals surface area (Å²) < 4.78 is 0. The van der Waals surface area contributed by atoms with Crippen molar-refractivity contribution in [1.82, 2.24) is 10.6 Å². The molecule has 0 aromatic rings. The Labute approximate surface area is 70.8 Å². The Hall–Kier alpha value is -1.25. The van der Waals surface area contributed by atoms with Crippen LogP contribution in [0.4, 0.5) is 4.79 Å². The van der Waals surface area contributed by atoms with Crippen LogP contribution in [0.3, 0.4) is 0 Å². The maximum Gasteiger partial charge on any atom is 0.404 e. The molecule has 0 saturated carbocycles. The molecular formula is C7H12N2O3. The zero-order valence-corrected chi connectivity index (χ0v) is 6.58. The molecule has 1 unspecified atom stereocenters. The number of carbonyl (C=O) groups is 1. The van der Waals surface area contributed by atoms with Crippen molar-refractivity contribution in [3.63, 3.8) is 0 Å². The van der Waals surface area contributed by atoms with Crippen LogP contribution in [-0.2, 0) is 0 Å². The Morgan fingerprint density at radius 2 is 2.33 bits per heavy atom. The zero-order chi connectivity index (χ0) is 9.40. The van der Waals surface area contributed by atoms with Gasteiger partial charge in [-0.1, -0.05) is 5.92 Å². The van der Waals surface area contributed by atoms with Gasteiger partial charge in [0.05, 0.1) is 6.54 Å². The topological polar surface area (TPSA) is 81.6 Å². The van der Waals surface area contributed by atoms with E-state index < -0.39 is 12.3 Å². The van der Waals surface area contributed by atoms with Crippen molar-refractivity contribution in [3.8, 4) is 12.3 Å². The molecule has 0 bridgehead atoms. The number of hydrogen-bond acceptors (Lipinski definition) is 3. The molecule has 0 fully saturated rings. The maximum absolute atomic E-state index is 9.95. The fourth-order valence-corrected chi connectivity index (χ4v) is 0.595. The first-order valence-corrected chi connectivity index (χ1v) is 3.48. The highest BCUT2D eigenvalue weighted by Gasteiger charge is 2.01. The van der Waals surface area contributed by atoms with Gasteiger partial charge in [-0.3, -0.25) is 5.32 Å². The van der Waals surface area contributed by atoms with Crippen LogP contribution in [0.1, 0.15) is 6.42 Å². The first kappa shape index (κ1) is 10.8. The summed E-state index contributed by atoms with van der Waals surface area (Å²) in [5, 5.41) is 21.9. The van der Waals surface area contributed by atoms with E-state index in [9.17, 15) is 4.79 Å². The molecule has 0 aromatic carbocycles. The molecule has 0 aliphatic carbocycles. The number of terminal acetylenes is 1. The molecule has 5 heteroatoms. The molecule has 0 heterocycles. The van der Waals surface area contributed by atoms with E-state index in [0.29, 0.717) is 6.42 Å². The smallest absolute Gasteiger partial charge is 0.404 e. The van der Waals surface area contributed by atoms with E-state index in [0.717, 1.165) is 0 Å². The van der Waals surface area contributed by atoms with Gasteiger partial charge in [-0.15, -0.1) is 6.42 Å². The maximum atomic E-state index is 9.95. The Morgan fingerprint density at radius 3 is 2.83 bits per heavy atom. The van der Waals surface area contributed by atoms with Crippen molar-refractivity contribution < 1.29 is 15.0 Å². The molecule has 5 nitrogen and oxygen atoms in total. The van der Waals surface area contributed by atoms with Crippen LogP contribution in [0.15, 0.2) is 0 Å². The monoisotopic (exact) mass is 172 g/mol. The first-order valence-electron chi connectivity index (χ1n) is 3.48. The third-order valence-electron chi connectivity index (χ3n) is 1.13. The summed E-state index contributed by atoms with van der Waals surface area (Å²) in [6.07, 6.45) is 3.37. The van der Waals surface area contributed by atoms with Gasteiger partial charge in [-0.2, -0.15) is 0 Å². The summed E-state index contributed by atoms with van der Waals surface area (Å²) in [5.41, 5.74) is 0. The van der Waals surface area contributed by atoms with Gasteiger partial charge in [0.15, 0.2) is 0 Å². The van der Waals surface area contributed by atoms with Crippen molar-refractivity contribution in [2.75, 3.05) is 13.1 Å². The van der Waals surface area contributed by atoms with E-state index in [4.69, 9.17) is 16.6 Å².